The maximum Gasteiger partial charge on any atom is 0.188 e. The standard InChI is InChI=1S/C15H19N5O/c1-2-12-4-3-6-18-14(12)10-17-9-11-5-7-19-13(8-11)15(16)20-21/h3-8,17,21H,2,9-10H2,1H3,(H2,16,20). The van der Waals surface area contributed by atoms with Crippen LogP contribution in [0.5, 0.6) is 0 Å². The Morgan fingerprint density at radius 1 is 1.29 bits per heavy atom. The lowest BCUT2D eigenvalue weighted by atomic mass is 10.1. The molecule has 2 aromatic heterocycles. The second kappa shape index (κ2) is 7.35. The van der Waals surface area contributed by atoms with Crippen molar-refractivity contribution in [2.45, 2.75) is 26.4 Å². The SMILES string of the molecule is CCc1cccnc1CNCc1ccnc(/C(N)=N/O)c1. The smallest absolute Gasteiger partial charge is 0.188 e. The number of amidine groups is 1. The van der Waals surface area contributed by atoms with Crippen molar-refractivity contribution in [1.82, 2.24) is 15.3 Å². The molecule has 0 aliphatic carbocycles. The van der Waals surface area contributed by atoms with Gasteiger partial charge in [0.1, 0.15) is 5.69 Å². The van der Waals surface area contributed by atoms with Crippen molar-refractivity contribution in [3.8, 4) is 0 Å². The number of nitrogens with zero attached hydrogens (tertiary/aromatic N) is 3. The topological polar surface area (TPSA) is 96.4 Å². The fourth-order valence-electron chi connectivity index (χ4n) is 2.05. The Kier molecular flexibility index (Phi) is 5.22. The average molecular weight is 285 g/mol. The van der Waals surface area contributed by atoms with E-state index in [9.17, 15) is 0 Å². The quantitative estimate of drug-likeness (QED) is 0.323. The number of aromatic nitrogens is 2. The molecule has 0 atom stereocenters. The van der Waals surface area contributed by atoms with Gasteiger partial charge in [-0.25, -0.2) is 0 Å². The molecule has 0 amide bonds. The van der Waals surface area contributed by atoms with Crippen LogP contribution in [0.2, 0.25) is 0 Å². The molecule has 0 bridgehead atoms. The van der Waals surface area contributed by atoms with Gasteiger partial charge in [-0.2, -0.15) is 0 Å². The first kappa shape index (κ1) is 14.9. The van der Waals surface area contributed by atoms with E-state index in [1.54, 1.807) is 18.5 Å². The Labute approximate surface area is 123 Å². The van der Waals surface area contributed by atoms with E-state index in [0.29, 0.717) is 18.8 Å². The van der Waals surface area contributed by atoms with E-state index in [4.69, 9.17) is 10.9 Å². The first-order chi connectivity index (χ1) is 10.2. The molecular weight excluding hydrogens is 266 g/mol. The molecule has 0 aliphatic rings. The van der Waals surface area contributed by atoms with Crippen molar-refractivity contribution >= 4 is 5.84 Å². The molecule has 2 heterocycles. The first-order valence-electron chi connectivity index (χ1n) is 6.81. The number of hydrogen-bond acceptors (Lipinski definition) is 5. The van der Waals surface area contributed by atoms with Gasteiger partial charge in [0.2, 0.25) is 0 Å². The lowest BCUT2D eigenvalue weighted by Crippen LogP contribution is -2.18. The van der Waals surface area contributed by atoms with Gasteiger partial charge in [-0.3, -0.25) is 9.97 Å². The van der Waals surface area contributed by atoms with Crippen molar-refractivity contribution in [3.05, 3.63) is 59.2 Å². The summed E-state index contributed by atoms with van der Waals surface area (Å²) in [7, 11) is 0. The maximum atomic E-state index is 8.66. The number of pyridine rings is 2. The van der Waals surface area contributed by atoms with Crippen molar-refractivity contribution in [2.75, 3.05) is 0 Å². The lowest BCUT2D eigenvalue weighted by molar-refractivity contribution is 0.318. The molecule has 21 heavy (non-hydrogen) atoms. The van der Waals surface area contributed by atoms with Crippen molar-refractivity contribution in [3.63, 3.8) is 0 Å². The summed E-state index contributed by atoms with van der Waals surface area (Å²) in [6.07, 6.45) is 4.41. The maximum absolute atomic E-state index is 8.66. The number of nitrogens with one attached hydrogen (secondary N) is 1. The number of rotatable bonds is 6. The molecule has 2 aromatic rings. The number of nitrogens with two attached hydrogens (primary N) is 1. The molecule has 110 valence electrons. The lowest BCUT2D eigenvalue weighted by Gasteiger charge is -2.08. The van der Waals surface area contributed by atoms with Crippen LogP contribution in [-0.4, -0.2) is 21.0 Å². The summed E-state index contributed by atoms with van der Waals surface area (Å²) in [6, 6.07) is 7.73. The Balaban J connectivity index is 1.97. The zero-order chi connectivity index (χ0) is 15.1. The molecule has 6 heteroatoms. The molecule has 2 rings (SSSR count). The molecule has 4 N–H and O–H groups in total. The summed E-state index contributed by atoms with van der Waals surface area (Å²) in [6.45, 7) is 3.48. The Bertz CT molecular complexity index is 627. The van der Waals surface area contributed by atoms with Gasteiger partial charge < -0.3 is 16.3 Å². The molecule has 0 aromatic carbocycles. The monoisotopic (exact) mass is 285 g/mol. The molecule has 0 saturated carbocycles. The molecular formula is C15H19N5O. The fraction of sp³-hybridized carbons (Fsp3) is 0.267. The van der Waals surface area contributed by atoms with E-state index < -0.39 is 0 Å². The molecule has 0 aliphatic heterocycles. The van der Waals surface area contributed by atoms with Gasteiger partial charge in [-0.1, -0.05) is 18.1 Å². The highest BCUT2D eigenvalue weighted by atomic mass is 16.4. The normalized spacial score (nSPS) is 11.6. The van der Waals surface area contributed by atoms with Crippen molar-refractivity contribution < 1.29 is 5.21 Å². The Hall–Kier alpha value is -2.47. The van der Waals surface area contributed by atoms with E-state index in [1.807, 2.05) is 12.1 Å². The van der Waals surface area contributed by atoms with Gasteiger partial charge in [0.25, 0.3) is 0 Å². The van der Waals surface area contributed by atoms with Crippen LogP contribution >= 0.6 is 0 Å². The highest BCUT2D eigenvalue weighted by Crippen LogP contribution is 2.07. The zero-order valence-corrected chi connectivity index (χ0v) is 12.0. The van der Waals surface area contributed by atoms with Gasteiger partial charge in [0.05, 0.1) is 5.69 Å². The van der Waals surface area contributed by atoms with E-state index in [-0.39, 0.29) is 5.84 Å². The summed E-state index contributed by atoms with van der Waals surface area (Å²) < 4.78 is 0. The van der Waals surface area contributed by atoms with E-state index in [0.717, 1.165) is 17.7 Å². The van der Waals surface area contributed by atoms with E-state index in [1.165, 1.54) is 5.56 Å². The van der Waals surface area contributed by atoms with Crippen LogP contribution in [0.15, 0.2) is 41.8 Å². The Morgan fingerprint density at radius 2 is 2.14 bits per heavy atom. The van der Waals surface area contributed by atoms with Crippen molar-refractivity contribution in [2.24, 2.45) is 10.9 Å². The minimum atomic E-state index is 0.00912. The van der Waals surface area contributed by atoms with Crippen LogP contribution in [0.4, 0.5) is 0 Å². The van der Waals surface area contributed by atoms with Gasteiger partial charge in [-0.05, 0) is 35.7 Å². The van der Waals surface area contributed by atoms with Crippen LogP contribution in [-0.2, 0) is 19.5 Å². The number of oxime groups is 1. The van der Waals surface area contributed by atoms with Crippen LogP contribution in [0.1, 0.15) is 29.4 Å². The summed E-state index contributed by atoms with van der Waals surface area (Å²) in [5.74, 6) is 0.00912. The third-order valence-electron chi connectivity index (χ3n) is 3.18. The van der Waals surface area contributed by atoms with E-state index in [2.05, 4.69) is 33.4 Å². The Morgan fingerprint density at radius 3 is 2.90 bits per heavy atom. The molecule has 0 unspecified atom stereocenters. The first-order valence-corrected chi connectivity index (χ1v) is 6.81. The molecule has 0 spiro atoms. The minimum absolute atomic E-state index is 0.00912. The largest absolute Gasteiger partial charge is 0.409 e. The van der Waals surface area contributed by atoms with E-state index >= 15 is 0 Å². The highest BCUT2D eigenvalue weighted by molar-refractivity contribution is 5.95. The van der Waals surface area contributed by atoms with Crippen molar-refractivity contribution in [1.29, 1.82) is 0 Å². The predicted octanol–water partition coefficient (Wildman–Crippen LogP) is 1.42. The average Bonchev–Trinajstić information content (AvgIpc) is 2.55. The molecule has 0 radical (unpaired) electrons. The third-order valence-corrected chi connectivity index (χ3v) is 3.18. The minimum Gasteiger partial charge on any atom is -0.409 e. The van der Waals surface area contributed by atoms with Crippen LogP contribution < -0.4 is 11.1 Å². The molecule has 0 saturated heterocycles. The van der Waals surface area contributed by atoms with Crippen LogP contribution in [0.3, 0.4) is 0 Å². The fourth-order valence-corrected chi connectivity index (χ4v) is 2.05. The molecule has 0 fully saturated rings. The summed E-state index contributed by atoms with van der Waals surface area (Å²) >= 11 is 0. The van der Waals surface area contributed by atoms with Gasteiger partial charge >= 0.3 is 0 Å². The molecule has 6 nitrogen and oxygen atoms in total. The second-order valence-corrected chi connectivity index (χ2v) is 4.60. The third kappa shape index (κ3) is 4.00. The number of hydrogen-bond donors (Lipinski definition) is 3. The zero-order valence-electron chi connectivity index (χ0n) is 12.0. The van der Waals surface area contributed by atoms with Gasteiger partial charge in [0.15, 0.2) is 5.84 Å². The highest BCUT2D eigenvalue weighted by Gasteiger charge is 2.04. The van der Waals surface area contributed by atoms with Gasteiger partial charge in [-0.15, -0.1) is 0 Å². The predicted molar refractivity (Wildman–Crippen MR) is 80.9 cm³/mol. The van der Waals surface area contributed by atoms with Crippen LogP contribution in [0.25, 0.3) is 0 Å². The second-order valence-electron chi connectivity index (χ2n) is 4.60. The summed E-state index contributed by atoms with van der Waals surface area (Å²) in [4.78, 5) is 8.44. The van der Waals surface area contributed by atoms with Gasteiger partial charge in [0, 0.05) is 25.5 Å². The van der Waals surface area contributed by atoms with Crippen LogP contribution in [0, 0.1) is 0 Å². The number of aryl methyl sites for hydroxylation is 1. The summed E-state index contributed by atoms with van der Waals surface area (Å²) in [5.41, 5.74) is 9.31. The summed E-state index contributed by atoms with van der Waals surface area (Å²) in [5, 5.41) is 15.0.